The van der Waals surface area contributed by atoms with Crippen molar-refractivity contribution < 1.29 is 4.79 Å². The molecule has 1 unspecified atom stereocenters. The summed E-state index contributed by atoms with van der Waals surface area (Å²) in [5, 5.41) is 7.75. The van der Waals surface area contributed by atoms with Gasteiger partial charge >= 0.3 is 0 Å². The van der Waals surface area contributed by atoms with E-state index in [1.165, 1.54) is 0 Å². The Bertz CT molecular complexity index is 715. The highest BCUT2D eigenvalue weighted by atomic mass is 16.2. The van der Waals surface area contributed by atoms with E-state index in [1.54, 1.807) is 22.0 Å². The van der Waals surface area contributed by atoms with Crippen LogP contribution in [0.5, 0.6) is 0 Å². The van der Waals surface area contributed by atoms with E-state index in [4.69, 9.17) is 0 Å². The highest BCUT2D eigenvalue weighted by Crippen LogP contribution is 2.25. The summed E-state index contributed by atoms with van der Waals surface area (Å²) in [5.74, 6) is 0.853. The first kappa shape index (κ1) is 16.6. The van der Waals surface area contributed by atoms with Crippen LogP contribution in [0.4, 0.5) is 0 Å². The number of nitrogens with one attached hydrogen (secondary N) is 1. The van der Waals surface area contributed by atoms with Gasteiger partial charge in [0.25, 0.3) is 5.91 Å². The molecule has 0 spiro atoms. The van der Waals surface area contributed by atoms with Crippen LogP contribution in [0.15, 0.2) is 18.6 Å². The van der Waals surface area contributed by atoms with Crippen molar-refractivity contribution in [3.05, 3.63) is 29.8 Å². The molecule has 1 aliphatic heterocycles. The molecule has 1 fully saturated rings. The van der Waals surface area contributed by atoms with Crippen LogP contribution in [0.25, 0.3) is 11.4 Å². The Morgan fingerprint density at radius 3 is 2.67 bits per heavy atom. The Kier molecular flexibility index (Phi) is 4.62. The van der Waals surface area contributed by atoms with Crippen molar-refractivity contribution in [2.24, 2.45) is 7.05 Å². The normalized spacial score (nSPS) is 17.5. The number of amides is 1. The standard InChI is InChI=1S/C17H24N6O/c1-11(2)15-14(10-22(3)21-15)16-19-7-12(8-20-16)17(24)23(4)13-5-6-18-9-13/h7-8,10-11,13,18H,5-6,9H2,1-4H3. The molecule has 0 aromatic carbocycles. The van der Waals surface area contributed by atoms with Crippen LogP contribution < -0.4 is 5.32 Å². The van der Waals surface area contributed by atoms with Gasteiger partial charge in [-0.1, -0.05) is 13.8 Å². The van der Waals surface area contributed by atoms with Gasteiger partial charge < -0.3 is 10.2 Å². The summed E-state index contributed by atoms with van der Waals surface area (Å²) in [4.78, 5) is 23.2. The van der Waals surface area contributed by atoms with Crippen molar-refractivity contribution in [1.82, 2.24) is 30.0 Å². The van der Waals surface area contributed by atoms with Gasteiger partial charge in [0.1, 0.15) is 0 Å². The minimum atomic E-state index is -0.0366. The monoisotopic (exact) mass is 328 g/mol. The Labute approximate surface area is 142 Å². The van der Waals surface area contributed by atoms with Gasteiger partial charge in [-0.2, -0.15) is 5.10 Å². The quantitative estimate of drug-likeness (QED) is 0.919. The minimum Gasteiger partial charge on any atom is -0.337 e. The molecule has 0 radical (unpaired) electrons. The molecule has 0 aliphatic carbocycles. The van der Waals surface area contributed by atoms with E-state index in [1.807, 2.05) is 20.3 Å². The Hall–Kier alpha value is -2.28. The third-order valence-corrected chi connectivity index (χ3v) is 4.45. The fraction of sp³-hybridized carbons (Fsp3) is 0.529. The lowest BCUT2D eigenvalue weighted by atomic mass is 10.1. The van der Waals surface area contributed by atoms with Crippen molar-refractivity contribution in [2.75, 3.05) is 20.1 Å². The molecule has 3 rings (SSSR count). The molecule has 1 amide bonds. The van der Waals surface area contributed by atoms with Crippen LogP contribution in [0.2, 0.25) is 0 Å². The number of carbonyl (C=O) groups is 1. The van der Waals surface area contributed by atoms with Gasteiger partial charge in [-0.15, -0.1) is 0 Å². The number of nitrogens with zero attached hydrogens (tertiary/aromatic N) is 5. The first-order chi connectivity index (χ1) is 11.5. The summed E-state index contributed by atoms with van der Waals surface area (Å²) in [6.07, 6.45) is 6.12. The van der Waals surface area contributed by atoms with Crippen LogP contribution in [-0.4, -0.2) is 56.7 Å². The summed E-state index contributed by atoms with van der Waals surface area (Å²) in [6, 6.07) is 0.239. The third kappa shape index (κ3) is 3.17. The van der Waals surface area contributed by atoms with E-state index < -0.39 is 0 Å². The number of rotatable bonds is 4. The van der Waals surface area contributed by atoms with Gasteiger partial charge in [0.15, 0.2) is 5.82 Å². The molecular weight excluding hydrogens is 304 g/mol. The van der Waals surface area contributed by atoms with E-state index in [0.29, 0.717) is 11.4 Å². The van der Waals surface area contributed by atoms with Gasteiger partial charge in [0.2, 0.25) is 0 Å². The molecule has 2 aromatic heterocycles. The van der Waals surface area contributed by atoms with Crippen LogP contribution in [0, 0.1) is 0 Å². The lowest BCUT2D eigenvalue weighted by Gasteiger charge is -2.23. The lowest BCUT2D eigenvalue weighted by molar-refractivity contribution is 0.0743. The number of hydrogen-bond acceptors (Lipinski definition) is 5. The smallest absolute Gasteiger partial charge is 0.257 e. The first-order valence-electron chi connectivity index (χ1n) is 8.31. The molecule has 0 bridgehead atoms. The molecule has 7 nitrogen and oxygen atoms in total. The SMILES string of the molecule is CC(C)c1nn(C)cc1-c1ncc(C(=O)N(C)C2CCNC2)cn1. The van der Waals surface area contributed by atoms with Crippen molar-refractivity contribution in [1.29, 1.82) is 0 Å². The zero-order chi connectivity index (χ0) is 17.3. The number of likely N-dealkylation sites (N-methyl/N-ethyl adjacent to an activating group) is 1. The summed E-state index contributed by atoms with van der Waals surface area (Å²) < 4.78 is 1.77. The van der Waals surface area contributed by atoms with Crippen LogP contribution in [-0.2, 0) is 7.05 Å². The molecule has 7 heteroatoms. The zero-order valence-corrected chi connectivity index (χ0v) is 14.7. The van der Waals surface area contributed by atoms with Crippen molar-refractivity contribution in [3.8, 4) is 11.4 Å². The maximum Gasteiger partial charge on any atom is 0.257 e. The largest absolute Gasteiger partial charge is 0.337 e. The highest BCUT2D eigenvalue weighted by molar-refractivity contribution is 5.93. The Balaban J connectivity index is 1.82. The van der Waals surface area contributed by atoms with Gasteiger partial charge in [-0.3, -0.25) is 9.48 Å². The lowest BCUT2D eigenvalue weighted by Crippen LogP contribution is -2.38. The number of hydrogen-bond donors (Lipinski definition) is 1. The predicted octanol–water partition coefficient (Wildman–Crippen LogP) is 1.43. The van der Waals surface area contributed by atoms with Crippen molar-refractivity contribution >= 4 is 5.91 Å². The van der Waals surface area contributed by atoms with E-state index in [-0.39, 0.29) is 17.9 Å². The first-order valence-corrected chi connectivity index (χ1v) is 8.31. The number of aromatic nitrogens is 4. The third-order valence-electron chi connectivity index (χ3n) is 4.45. The number of aryl methyl sites for hydroxylation is 1. The van der Waals surface area contributed by atoms with Crippen molar-refractivity contribution in [3.63, 3.8) is 0 Å². The summed E-state index contributed by atoms with van der Waals surface area (Å²) in [6.45, 7) is 5.98. The number of carbonyl (C=O) groups excluding carboxylic acids is 1. The fourth-order valence-corrected chi connectivity index (χ4v) is 3.02. The molecule has 1 saturated heterocycles. The van der Waals surface area contributed by atoms with E-state index in [9.17, 15) is 4.79 Å². The van der Waals surface area contributed by atoms with Gasteiger partial charge in [0, 0.05) is 45.3 Å². The second kappa shape index (κ2) is 6.68. The van der Waals surface area contributed by atoms with E-state index in [2.05, 4.69) is 34.2 Å². The second-order valence-electron chi connectivity index (χ2n) is 6.61. The molecular formula is C17H24N6O. The van der Waals surface area contributed by atoms with Gasteiger partial charge in [-0.05, 0) is 18.9 Å². The van der Waals surface area contributed by atoms with Crippen LogP contribution in [0.1, 0.15) is 42.2 Å². The van der Waals surface area contributed by atoms with Gasteiger partial charge in [-0.25, -0.2) is 9.97 Å². The molecule has 24 heavy (non-hydrogen) atoms. The molecule has 2 aromatic rings. The predicted molar refractivity (Wildman–Crippen MR) is 91.7 cm³/mol. The van der Waals surface area contributed by atoms with Crippen molar-refractivity contribution in [2.45, 2.75) is 32.2 Å². The maximum absolute atomic E-state index is 12.6. The molecule has 0 saturated carbocycles. The van der Waals surface area contributed by atoms with Gasteiger partial charge in [0.05, 0.1) is 16.8 Å². The zero-order valence-electron chi connectivity index (χ0n) is 14.7. The Morgan fingerprint density at radius 2 is 2.08 bits per heavy atom. The summed E-state index contributed by atoms with van der Waals surface area (Å²) in [5.41, 5.74) is 2.40. The molecule has 1 aliphatic rings. The maximum atomic E-state index is 12.6. The highest BCUT2D eigenvalue weighted by Gasteiger charge is 2.24. The van der Waals surface area contributed by atoms with Crippen LogP contribution >= 0.6 is 0 Å². The molecule has 1 N–H and O–H groups in total. The topological polar surface area (TPSA) is 75.9 Å². The molecule has 1 atom stereocenters. The minimum absolute atomic E-state index is 0.0366. The molecule has 3 heterocycles. The summed E-state index contributed by atoms with van der Waals surface area (Å²) >= 11 is 0. The average molecular weight is 328 g/mol. The van der Waals surface area contributed by atoms with Crippen LogP contribution in [0.3, 0.4) is 0 Å². The average Bonchev–Trinajstić information content (AvgIpc) is 3.23. The van der Waals surface area contributed by atoms with E-state index in [0.717, 1.165) is 30.8 Å². The second-order valence-corrected chi connectivity index (χ2v) is 6.61. The van der Waals surface area contributed by atoms with E-state index >= 15 is 0 Å². The summed E-state index contributed by atoms with van der Waals surface area (Å²) in [7, 11) is 3.73. The molecule has 128 valence electrons. The Morgan fingerprint density at radius 1 is 1.38 bits per heavy atom. The fourth-order valence-electron chi connectivity index (χ4n) is 3.02.